The van der Waals surface area contributed by atoms with Crippen LogP contribution in [-0.4, -0.2) is 51.8 Å². The van der Waals surface area contributed by atoms with Gasteiger partial charge in [0.15, 0.2) is 5.82 Å². The third-order valence-corrected chi connectivity index (χ3v) is 6.31. The predicted molar refractivity (Wildman–Crippen MR) is 115 cm³/mol. The van der Waals surface area contributed by atoms with E-state index in [0.29, 0.717) is 25.2 Å². The van der Waals surface area contributed by atoms with Crippen LogP contribution < -0.4 is 5.32 Å². The van der Waals surface area contributed by atoms with Crippen LogP contribution in [0.25, 0.3) is 11.4 Å². The van der Waals surface area contributed by atoms with Gasteiger partial charge < -0.3 is 14.8 Å². The molecule has 2 aliphatic rings. The van der Waals surface area contributed by atoms with E-state index < -0.39 is 52.3 Å². The van der Waals surface area contributed by atoms with Crippen molar-refractivity contribution in [3.63, 3.8) is 0 Å². The van der Waals surface area contributed by atoms with Crippen LogP contribution in [0.3, 0.4) is 0 Å². The number of rotatable bonds is 6. The number of esters is 1. The van der Waals surface area contributed by atoms with Gasteiger partial charge in [-0.05, 0) is 47.5 Å². The number of H-pyrrole nitrogens is 1. The number of tetrazole rings is 1. The summed E-state index contributed by atoms with van der Waals surface area (Å²) in [5, 5.41) is 15.4. The number of halogens is 5. The van der Waals surface area contributed by atoms with Crippen molar-refractivity contribution < 1.29 is 41.0 Å². The first kappa shape index (κ1) is 24.7. The number of benzene rings is 2. The Morgan fingerprint density at radius 1 is 1.14 bits per heavy atom. The maximum atomic E-state index is 15.2. The molecule has 9 nitrogen and oxygen atoms in total. The van der Waals surface area contributed by atoms with E-state index in [1.165, 1.54) is 6.07 Å². The number of aromatic amines is 1. The summed E-state index contributed by atoms with van der Waals surface area (Å²) in [6.07, 6.45) is -4.49. The number of nitrogens with zero attached hydrogens (tertiary/aromatic N) is 3. The average molecular weight is 523 g/mol. The van der Waals surface area contributed by atoms with Crippen LogP contribution in [0.4, 0.5) is 27.6 Å². The first-order valence-corrected chi connectivity index (χ1v) is 11.1. The van der Waals surface area contributed by atoms with E-state index >= 15 is 4.39 Å². The minimum absolute atomic E-state index is 0.0838. The molecular formula is C23H18F5N5O4. The van der Waals surface area contributed by atoms with Crippen LogP contribution in [0.5, 0.6) is 0 Å². The van der Waals surface area contributed by atoms with Crippen molar-refractivity contribution in [1.82, 2.24) is 20.6 Å². The van der Waals surface area contributed by atoms with Gasteiger partial charge in [0.25, 0.3) is 0 Å². The molecule has 194 valence electrons. The molecule has 0 spiro atoms. The third kappa shape index (κ3) is 4.75. The summed E-state index contributed by atoms with van der Waals surface area (Å²) >= 11 is 0. The number of amides is 1. The van der Waals surface area contributed by atoms with Gasteiger partial charge in [-0.1, -0.05) is 6.07 Å². The molecule has 1 amide bonds. The summed E-state index contributed by atoms with van der Waals surface area (Å²) in [5.74, 6) is -4.03. The second kappa shape index (κ2) is 9.18. The Kier molecular flexibility index (Phi) is 6.14. The van der Waals surface area contributed by atoms with Gasteiger partial charge >= 0.3 is 12.1 Å². The maximum absolute atomic E-state index is 15.2. The number of ether oxygens (including phenoxy) is 2. The highest BCUT2D eigenvalue weighted by atomic mass is 19.4. The van der Waals surface area contributed by atoms with Crippen molar-refractivity contribution >= 4 is 17.6 Å². The fourth-order valence-corrected chi connectivity index (χ4v) is 4.24. The quantitative estimate of drug-likeness (QED) is 0.373. The van der Waals surface area contributed by atoms with Crippen LogP contribution in [-0.2, 0) is 25.9 Å². The Bertz CT molecular complexity index is 1350. The van der Waals surface area contributed by atoms with E-state index in [9.17, 15) is 27.2 Å². The van der Waals surface area contributed by atoms with E-state index in [-0.39, 0.29) is 42.1 Å². The van der Waals surface area contributed by atoms with Crippen LogP contribution in [0.2, 0.25) is 0 Å². The van der Waals surface area contributed by atoms with Gasteiger partial charge in [0.05, 0.1) is 24.2 Å². The fraction of sp³-hybridized carbons (Fsp3) is 0.348. The van der Waals surface area contributed by atoms with Gasteiger partial charge in [0.1, 0.15) is 23.3 Å². The van der Waals surface area contributed by atoms with Gasteiger partial charge in [-0.3, -0.25) is 4.79 Å². The van der Waals surface area contributed by atoms with Crippen LogP contribution in [0.15, 0.2) is 30.3 Å². The van der Waals surface area contributed by atoms with Crippen molar-refractivity contribution in [3.8, 4) is 11.4 Å². The molecule has 0 unspecified atom stereocenters. The summed E-state index contributed by atoms with van der Waals surface area (Å²) in [4.78, 5) is 25.9. The molecule has 1 atom stereocenters. The molecule has 2 aromatic carbocycles. The van der Waals surface area contributed by atoms with Crippen molar-refractivity contribution in [3.05, 3.63) is 58.7 Å². The highest BCUT2D eigenvalue weighted by Crippen LogP contribution is 2.50. The first-order chi connectivity index (χ1) is 17.6. The number of carbonyl (C=O) groups is 2. The Labute approximate surface area is 205 Å². The van der Waals surface area contributed by atoms with Crippen molar-refractivity contribution in [2.75, 3.05) is 18.5 Å². The molecule has 0 bridgehead atoms. The van der Waals surface area contributed by atoms with Gasteiger partial charge in [-0.2, -0.15) is 13.2 Å². The largest absolute Gasteiger partial charge is 0.456 e. The Morgan fingerprint density at radius 3 is 2.51 bits per heavy atom. The molecule has 0 radical (unpaired) electrons. The zero-order chi connectivity index (χ0) is 26.4. The average Bonchev–Trinajstić information content (AvgIpc) is 3.19. The van der Waals surface area contributed by atoms with Gasteiger partial charge in [-0.15, -0.1) is 5.10 Å². The lowest BCUT2D eigenvalue weighted by molar-refractivity contribution is -0.137. The lowest BCUT2D eigenvalue weighted by Crippen LogP contribution is -2.29. The smallest absolute Gasteiger partial charge is 0.416 e. The molecule has 2 heterocycles. The molecule has 1 aromatic heterocycles. The number of hydrogen-bond acceptors (Lipinski definition) is 7. The summed E-state index contributed by atoms with van der Waals surface area (Å²) in [5.41, 5.74) is -3.47. The van der Waals surface area contributed by atoms with Crippen molar-refractivity contribution in [1.29, 1.82) is 0 Å². The second-order valence-electron chi connectivity index (χ2n) is 8.75. The monoisotopic (exact) mass is 523 g/mol. The Balaban J connectivity index is 1.44. The van der Waals surface area contributed by atoms with Crippen LogP contribution >= 0.6 is 0 Å². The Hall–Kier alpha value is -3.94. The highest BCUT2D eigenvalue weighted by Gasteiger charge is 2.53. The van der Waals surface area contributed by atoms with E-state index in [2.05, 4.69) is 25.9 Å². The molecular weight excluding hydrogens is 505 g/mol. The summed E-state index contributed by atoms with van der Waals surface area (Å²) in [7, 11) is 0. The standard InChI is InChI=1S/C23H18F5N5O4/c24-16-7-11(23(26,27)28)1-2-15(16)22(4-5-22)21(35)29-12-8-14(19-30-32-33-31-19)18(17(25)9-12)20(34)37-13-3-6-36-10-13/h1-2,7-9,13H,3-6,10H2,(H,29,35)(H,30,31,32,33)/t13-/m0/s1. The zero-order valence-electron chi connectivity index (χ0n) is 18.9. The molecule has 2 N–H and O–H groups in total. The zero-order valence-corrected chi connectivity index (χ0v) is 18.9. The fourth-order valence-electron chi connectivity index (χ4n) is 4.24. The van der Waals surface area contributed by atoms with Crippen molar-refractivity contribution in [2.24, 2.45) is 0 Å². The van der Waals surface area contributed by atoms with E-state index in [1.54, 1.807) is 0 Å². The summed E-state index contributed by atoms with van der Waals surface area (Å²) < 4.78 is 79.0. The molecule has 1 aliphatic heterocycles. The summed E-state index contributed by atoms with van der Waals surface area (Å²) in [6, 6.07) is 4.10. The lowest BCUT2D eigenvalue weighted by Gasteiger charge is -2.19. The molecule has 2 fully saturated rings. The van der Waals surface area contributed by atoms with E-state index in [1.807, 2.05) is 0 Å². The predicted octanol–water partition coefficient (Wildman–Crippen LogP) is 3.78. The van der Waals surface area contributed by atoms with Crippen LogP contribution in [0, 0.1) is 11.6 Å². The SMILES string of the molecule is O=C(O[C@H]1CCOC1)c1c(F)cc(NC(=O)C2(c3ccc(C(F)(F)F)cc3F)CC2)cc1-c1nnn[nH]1. The number of anilines is 1. The lowest BCUT2D eigenvalue weighted by atomic mass is 9.93. The number of hydrogen-bond donors (Lipinski definition) is 2. The van der Waals surface area contributed by atoms with Gasteiger partial charge in [0, 0.05) is 23.2 Å². The number of carbonyl (C=O) groups excluding carboxylic acids is 2. The summed E-state index contributed by atoms with van der Waals surface area (Å²) in [6.45, 7) is 0.564. The molecule has 3 aromatic rings. The molecule has 1 aliphatic carbocycles. The topological polar surface area (TPSA) is 119 Å². The van der Waals surface area contributed by atoms with Gasteiger partial charge in [-0.25, -0.2) is 18.7 Å². The number of alkyl halides is 3. The van der Waals surface area contributed by atoms with Crippen LogP contribution in [0.1, 0.15) is 40.7 Å². The molecule has 37 heavy (non-hydrogen) atoms. The van der Waals surface area contributed by atoms with Gasteiger partial charge in [0.2, 0.25) is 5.91 Å². The highest BCUT2D eigenvalue weighted by molar-refractivity contribution is 6.03. The Morgan fingerprint density at radius 2 is 1.92 bits per heavy atom. The van der Waals surface area contributed by atoms with E-state index in [0.717, 1.165) is 12.1 Å². The minimum atomic E-state index is -4.74. The van der Waals surface area contributed by atoms with Crippen molar-refractivity contribution in [2.45, 2.75) is 37.0 Å². The molecule has 5 rings (SSSR count). The first-order valence-electron chi connectivity index (χ1n) is 11.1. The third-order valence-electron chi connectivity index (χ3n) is 6.31. The minimum Gasteiger partial charge on any atom is -0.456 e. The second-order valence-corrected chi connectivity index (χ2v) is 8.75. The normalized spacial score (nSPS) is 18.5. The molecule has 1 saturated heterocycles. The number of aromatic nitrogens is 4. The molecule has 1 saturated carbocycles. The molecule has 14 heteroatoms. The maximum Gasteiger partial charge on any atom is 0.416 e. The van der Waals surface area contributed by atoms with E-state index in [4.69, 9.17) is 9.47 Å². The number of nitrogens with one attached hydrogen (secondary N) is 2.